The molecule has 38 heavy (non-hydrogen) atoms. The quantitative estimate of drug-likeness (QED) is 0.327. The summed E-state index contributed by atoms with van der Waals surface area (Å²) >= 11 is 0. The summed E-state index contributed by atoms with van der Waals surface area (Å²) in [5, 5.41) is 11.1. The van der Waals surface area contributed by atoms with Gasteiger partial charge in [-0.05, 0) is 79.4 Å². The maximum Gasteiger partial charge on any atom is 0.227 e. The molecule has 0 saturated carbocycles. The first-order chi connectivity index (χ1) is 18.5. The number of nitrogens with zero attached hydrogens (tertiary/aromatic N) is 4. The van der Waals surface area contributed by atoms with Crippen molar-refractivity contribution in [1.82, 2.24) is 25.6 Å². The molecule has 5 rings (SSSR count). The zero-order chi connectivity index (χ0) is 26.5. The second-order valence-electron chi connectivity index (χ2n) is 10.1. The third kappa shape index (κ3) is 5.92. The van der Waals surface area contributed by atoms with E-state index in [0.29, 0.717) is 12.5 Å². The SMILES string of the molecule is Cc1ccc2c(NCc3ccc(C(NC(=O)C4CCNCC4)c4ccncc4)cc3)nc(N(C)C)nc2c1. The van der Waals surface area contributed by atoms with Crippen molar-refractivity contribution in [1.29, 1.82) is 0 Å². The van der Waals surface area contributed by atoms with Crippen LogP contribution in [0.4, 0.5) is 11.8 Å². The third-order valence-corrected chi connectivity index (χ3v) is 7.05. The maximum absolute atomic E-state index is 13.1. The summed E-state index contributed by atoms with van der Waals surface area (Å²) in [5.74, 6) is 1.64. The summed E-state index contributed by atoms with van der Waals surface area (Å²) in [5.41, 5.74) is 5.27. The van der Waals surface area contributed by atoms with Crippen molar-refractivity contribution < 1.29 is 4.79 Å². The molecule has 1 fully saturated rings. The average molecular weight is 510 g/mol. The highest BCUT2D eigenvalue weighted by Gasteiger charge is 2.25. The first-order valence-electron chi connectivity index (χ1n) is 13.2. The van der Waals surface area contributed by atoms with Gasteiger partial charge >= 0.3 is 0 Å². The molecule has 1 aliphatic rings. The van der Waals surface area contributed by atoms with Crippen LogP contribution in [0.25, 0.3) is 10.9 Å². The highest BCUT2D eigenvalue weighted by atomic mass is 16.1. The zero-order valence-electron chi connectivity index (χ0n) is 22.2. The smallest absolute Gasteiger partial charge is 0.227 e. The molecule has 0 aliphatic carbocycles. The molecule has 1 amide bonds. The van der Waals surface area contributed by atoms with Gasteiger partial charge in [-0.25, -0.2) is 4.98 Å². The first kappa shape index (κ1) is 25.6. The molecule has 1 aliphatic heterocycles. The molecule has 0 radical (unpaired) electrons. The number of hydrogen-bond donors (Lipinski definition) is 3. The van der Waals surface area contributed by atoms with Gasteiger partial charge in [0.15, 0.2) is 0 Å². The highest BCUT2D eigenvalue weighted by molar-refractivity contribution is 5.90. The summed E-state index contributed by atoms with van der Waals surface area (Å²) in [6.45, 7) is 4.46. The van der Waals surface area contributed by atoms with Crippen LogP contribution in [-0.4, -0.2) is 48.0 Å². The molecule has 2 aromatic heterocycles. The highest BCUT2D eigenvalue weighted by Crippen LogP contribution is 2.26. The van der Waals surface area contributed by atoms with Gasteiger partial charge in [0.05, 0.1) is 11.6 Å². The lowest BCUT2D eigenvalue weighted by atomic mass is 9.94. The van der Waals surface area contributed by atoms with E-state index < -0.39 is 0 Å². The maximum atomic E-state index is 13.1. The van der Waals surface area contributed by atoms with E-state index >= 15 is 0 Å². The van der Waals surface area contributed by atoms with E-state index in [0.717, 1.165) is 59.3 Å². The van der Waals surface area contributed by atoms with Crippen molar-refractivity contribution >= 4 is 28.6 Å². The summed E-state index contributed by atoms with van der Waals surface area (Å²) in [4.78, 5) is 28.6. The fourth-order valence-corrected chi connectivity index (χ4v) is 4.84. The Morgan fingerprint density at radius 2 is 1.71 bits per heavy atom. The van der Waals surface area contributed by atoms with Gasteiger partial charge in [-0.15, -0.1) is 0 Å². The molecular formula is C30H35N7O. The van der Waals surface area contributed by atoms with Gasteiger partial charge in [-0.2, -0.15) is 4.98 Å². The van der Waals surface area contributed by atoms with E-state index in [1.165, 1.54) is 5.56 Å². The van der Waals surface area contributed by atoms with E-state index in [1.54, 1.807) is 12.4 Å². The molecule has 196 valence electrons. The van der Waals surface area contributed by atoms with Crippen molar-refractivity contribution in [3.8, 4) is 0 Å². The van der Waals surface area contributed by atoms with Gasteiger partial charge in [-0.1, -0.05) is 30.3 Å². The standard InChI is InChI=1S/C30H35N7O/c1-20-4-9-25-26(18-20)34-30(37(2)3)36-28(25)33-19-21-5-7-22(8-6-21)27(23-10-14-31-15-11-23)35-29(38)24-12-16-32-17-13-24/h4-11,14-15,18,24,27,32H,12-13,16-17,19H2,1-3H3,(H,35,38)(H,33,34,36). The summed E-state index contributed by atoms with van der Waals surface area (Å²) in [6, 6.07) is 18.3. The Bertz CT molecular complexity index is 1380. The number of pyridine rings is 1. The summed E-state index contributed by atoms with van der Waals surface area (Å²) < 4.78 is 0. The molecule has 3 heterocycles. The van der Waals surface area contributed by atoms with Crippen LogP contribution in [0.15, 0.2) is 67.0 Å². The van der Waals surface area contributed by atoms with Gasteiger partial charge in [0, 0.05) is 44.3 Å². The average Bonchev–Trinajstić information content (AvgIpc) is 2.95. The van der Waals surface area contributed by atoms with Crippen molar-refractivity contribution in [2.45, 2.75) is 32.4 Å². The first-order valence-corrected chi connectivity index (χ1v) is 13.2. The minimum Gasteiger partial charge on any atom is -0.365 e. The number of nitrogens with one attached hydrogen (secondary N) is 3. The fraction of sp³-hybridized carbons (Fsp3) is 0.333. The van der Waals surface area contributed by atoms with Crippen LogP contribution >= 0.6 is 0 Å². The van der Waals surface area contributed by atoms with Crippen molar-refractivity contribution in [3.63, 3.8) is 0 Å². The minimum atomic E-state index is -0.223. The summed E-state index contributed by atoms with van der Waals surface area (Å²) in [7, 11) is 3.89. The number of amides is 1. The number of aryl methyl sites for hydroxylation is 1. The Hall–Kier alpha value is -4.04. The Morgan fingerprint density at radius 1 is 1.00 bits per heavy atom. The van der Waals surface area contributed by atoms with Crippen LogP contribution < -0.4 is 20.9 Å². The summed E-state index contributed by atoms with van der Waals surface area (Å²) in [6.07, 6.45) is 5.28. The molecule has 0 spiro atoms. The number of benzene rings is 2. The largest absolute Gasteiger partial charge is 0.365 e. The van der Waals surface area contributed by atoms with Gasteiger partial charge in [0.2, 0.25) is 11.9 Å². The molecule has 2 aromatic carbocycles. The lowest BCUT2D eigenvalue weighted by Crippen LogP contribution is -2.40. The molecule has 3 N–H and O–H groups in total. The van der Waals surface area contributed by atoms with E-state index in [2.05, 4.69) is 70.3 Å². The van der Waals surface area contributed by atoms with Crippen LogP contribution in [0, 0.1) is 12.8 Å². The van der Waals surface area contributed by atoms with Crippen molar-refractivity contribution in [3.05, 3.63) is 89.2 Å². The normalized spacial score (nSPS) is 14.7. The number of piperidine rings is 1. The second-order valence-corrected chi connectivity index (χ2v) is 10.1. The Labute approximate surface area is 223 Å². The van der Waals surface area contributed by atoms with Crippen LogP contribution in [-0.2, 0) is 11.3 Å². The monoisotopic (exact) mass is 509 g/mol. The predicted octanol–water partition coefficient (Wildman–Crippen LogP) is 4.22. The Morgan fingerprint density at radius 3 is 2.42 bits per heavy atom. The molecule has 8 heteroatoms. The number of rotatable bonds is 8. The van der Waals surface area contributed by atoms with E-state index in [1.807, 2.05) is 31.1 Å². The van der Waals surface area contributed by atoms with Crippen molar-refractivity contribution in [2.24, 2.45) is 5.92 Å². The molecule has 1 atom stereocenters. The Balaban J connectivity index is 1.35. The number of carbonyl (C=O) groups is 1. The van der Waals surface area contributed by atoms with Gasteiger partial charge < -0.3 is 20.9 Å². The topological polar surface area (TPSA) is 95.1 Å². The number of carbonyl (C=O) groups excluding carboxylic acids is 1. The van der Waals surface area contributed by atoms with E-state index in [9.17, 15) is 4.79 Å². The zero-order valence-corrected chi connectivity index (χ0v) is 22.2. The van der Waals surface area contributed by atoms with Crippen LogP contribution in [0.2, 0.25) is 0 Å². The Kier molecular flexibility index (Phi) is 7.79. The minimum absolute atomic E-state index is 0.0441. The van der Waals surface area contributed by atoms with E-state index in [4.69, 9.17) is 9.97 Å². The number of anilines is 2. The predicted molar refractivity (Wildman–Crippen MR) is 152 cm³/mol. The molecule has 1 saturated heterocycles. The van der Waals surface area contributed by atoms with Crippen LogP contribution in [0.3, 0.4) is 0 Å². The molecule has 4 aromatic rings. The molecule has 0 bridgehead atoms. The second kappa shape index (κ2) is 11.6. The molecule has 8 nitrogen and oxygen atoms in total. The number of fused-ring (bicyclic) bond motifs is 1. The van der Waals surface area contributed by atoms with Crippen LogP contribution in [0.1, 0.15) is 41.1 Å². The number of hydrogen-bond acceptors (Lipinski definition) is 7. The van der Waals surface area contributed by atoms with Gasteiger partial charge in [0.1, 0.15) is 5.82 Å². The van der Waals surface area contributed by atoms with Gasteiger partial charge in [0.25, 0.3) is 0 Å². The number of aromatic nitrogens is 3. The lowest BCUT2D eigenvalue weighted by Gasteiger charge is -2.26. The lowest BCUT2D eigenvalue weighted by molar-refractivity contribution is -0.126. The fourth-order valence-electron chi connectivity index (χ4n) is 4.84. The van der Waals surface area contributed by atoms with Gasteiger partial charge in [-0.3, -0.25) is 9.78 Å². The third-order valence-electron chi connectivity index (χ3n) is 7.05. The van der Waals surface area contributed by atoms with E-state index in [-0.39, 0.29) is 17.9 Å². The molecule has 1 unspecified atom stereocenters. The molecular weight excluding hydrogens is 474 g/mol. The van der Waals surface area contributed by atoms with Crippen LogP contribution in [0.5, 0.6) is 0 Å². The van der Waals surface area contributed by atoms with Crippen molar-refractivity contribution in [2.75, 3.05) is 37.4 Å².